The van der Waals surface area contributed by atoms with Gasteiger partial charge in [0.05, 0.1) is 11.3 Å². The van der Waals surface area contributed by atoms with Crippen LogP contribution >= 0.6 is 23.1 Å². The molecule has 6 heteroatoms. The molecule has 26 heavy (non-hydrogen) atoms. The summed E-state index contributed by atoms with van der Waals surface area (Å²) in [6, 6.07) is 8.35. The molecule has 3 aromatic rings. The summed E-state index contributed by atoms with van der Waals surface area (Å²) >= 11 is 3.14. The summed E-state index contributed by atoms with van der Waals surface area (Å²) in [5.74, 6) is 0.219. The van der Waals surface area contributed by atoms with Crippen LogP contribution in [0.3, 0.4) is 0 Å². The summed E-state index contributed by atoms with van der Waals surface area (Å²) < 4.78 is 0. The number of aromatic nitrogens is 2. The van der Waals surface area contributed by atoms with Crippen LogP contribution in [0.25, 0.3) is 10.6 Å². The quantitative estimate of drug-likeness (QED) is 0.641. The number of carbonyl (C=O) groups is 1. The molecule has 0 aliphatic rings. The molecule has 2 N–H and O–H groups in total. The van der Waals surface area contributed by atoms with Crippen LogP contribution in [0.5, 0.6) is 0 Å². The number of nitrogens with two attached hydrogens (primary N) is 1. The Morgan fingerprint density at radius 1 is 1.08 bits per heavy atom. The van der Waals surface area contributed by atoms with Crippen molar-refractivity contribution in [2.24, 2.45) is 5.73 Å². The molecular weight excluding hydrogens is 362 g/mol. The molecule has 0 radical (unpaired) electrons. The van der Waals surface area contributed by atoms with Gasteiger partial charge in [0.25, 0.3) is 5.91 Å². The zero-order valence-corrected chi connectivity index (χ0v) is 16.9. The van der Waals surface area contributed by atoms with Gasteiger partial charge in [-0.25, -0.2) is 9.97 Å². The highest BCUT2D eigenvalue weighted by Gasteiger charge is 2.18. The number of hydrogen-bond acceptors (Lipinski definition) is 5. The summed E-state index contributed by atoms with van der Waals surface area (Å²) in [6.45, 7) is 7.91. The lowest BCUT2D eigenvalue weighted by atomic mass is 10.0. The molecule has 2 heterocycles. The van der Waals surface area contributed by atoms with Crippen molar-refractivity contribution in [3.8, 4) is 10.6 Å². The van der Waals surface area contributed by atoms with E-state index >= 15 is 0 Å². The average Bonchev–Trinajstić information content (AvgIpc) is 3.07. The molecule has 0 aliphatic heterocycles. The van der Waals surface area contributed by atoms with Crippen LogP contribution in [-0.2, 0) is 5.75 Å². The molecule has 3 rings (SSSR count). The van der Waals surface area contributed by atoms with Crippen molar-refractivity contribution in [2.45, 2.75) is 38.5 Å². The molecule has 0 bridgehead atoms. The fourth-order valence-corrected chi connectivity index (χ4v) is 4.61. The standard InChI is InChI=1S/C20H21N3OS2/c1-11-5-7-15(8-6-11)19-23-16(9-25-19)10-26-20-17(18(21)24)13(3)12(2)14(4)22-20/h5-9H,10H2,1-4H3,(H2,21,24). The molecule has 0 aliphatic carbocycles. The Morgan fingerprint density at radius 2 is 1.77 bits per heavy atom. The van der Waals surface area contributed by atoms with Gasteiger partial charge in [0.1, 0.15) is 10.0 Å². The van der Waals surface area contributed by atoms with Gasteiger partial charge in [-0.2, -0.15) is 0 Å². The van der Waals surface area contributed by atoms with E-state index < -0.39 is 5.91 Å². The van der Waals surface area contributed by atoms with E-state index in [2.05, 4.69) is 41.6 Å². The Bertz CT molecular complexity index is 962. The van der Waals surface area contributed by atoms with Gasteiger partial charge in [-0.1, -0.05) is 41.6 Å². The predicted molar refractivity (Wildman–Crippen MR) is 109 cm³/mol. The number of primary amides is 1. The number of rotatable bonds is 5. The highest BCUT2D eigenvalue weighted by Crippen LogP contribution is 2.31. The lowest BCUT2D eigenvalue weighted by Crippen LogP contribution is -2.16. The third-order valence-corrected chi connectivity index (χ3v) is 6.37. The second-order valence-electron chi connectivity index (χ2n) is 6.29. The van der Waals surface area contributed by atoms with E-state index in [-0.39, 0.29) is 0 Å². The molecule has 4 nitrogen and oxygen atoms in total. The molecule has 0 atom stereocenters. The van der Waals surface area contributed by atoms with Crippen molar-refractivity contribution in [2.75, 3.05) is 0 Å². The number of benzene rings is 1. The van der Waals surface area contributed by atoms with Crippen molar-refractivity contribution in [1.82, 2.24) is 9.97 Å². The van der Waals surface area contributed by atoms with Crippen molar-refractivity contribution in [3.63, 3.8) is 0 Å². The number of aryl methyl sites for hydroxylation is 2. The maximum Gasteiger partial charge on any atom is 0.251 e. The Balaban J connectivity index is 1.82. The first kappa shape index (κ1) is 18.6. The molecule has 1 amide bonds. The molecular formula is C20H21N3OS2. The minimum atomic E-state index is -0.431. The number of carbonyl (C=O) groups excluding carboxylic acids is 1. The van der Waals surface area contributed by atoms with Gasteiger partial charge < -0.3 is 5.73 Å². The Hall–Kier alpha value is -2.18. The topological polar surface area (TPSA) is 68.9 Å². The van der Waals surface area contributed by atoms with Gasteiger partial charge in [-0.15, -0.1) is 11.3 Å². The SMILES string of the molecule is Cc1ccc(-c2nc(CSc3nc(C)c(C)c(C)c3C(N)=O)cs2)cc1. The van der Waals surface area contributed by atoms with E-state index in [1.165, 1.54) is 17.3 Å². The Labute approximate surface area is 161 Å². The van der Waals surface area contributed by atoms with Crippen LogP contribution in [0.2, 0.25) is 0 Å². The first-order valence-electron chi connectivity index (χ1n) is 8.28. The third-order valence-electron chi connectivity index (χ3n) is 4.42. The number of thioether (sulfide) groups is 1. The van der Waals surface area contributed by atoms with Crippen molar-refractivity contribution < 1.29 is 4.79 Å². The number of pyridine rings is 1. The van der Waals surface area contributed by atoms with Crippen LogP contribution in [0.4, 0.5) is 0 Å². The zero-order valence-electron chi connectivity index (χ0n) is 15.3. The lowest BCUT2D eigenvalue weighted by molar-refractivity contribution is 0.0996. The molecule has 0 unspecified atom stereocenters. The van der Waals surface area contributed by atoms with Gasteiger partial charge in [0.2, 0.25) is 0 Å². The maximum absolute atomic E-state index is 11.9. The van der Waals surface area contributed by atoms with Gasteiger partial charge in [-0.3, -0.25) is 4.79 Å². The second kappa shape index (κ2) is 7.60. The van der Waals surface area contributed by atoms with E-state index in [4.69, 9.17) is 10.7 Å². The summed E-state index contributed by atoms with van der Waals surface area (Å²) in [5.41, 5.74) is 12.3. The lowest BCUT2D eigenvalue weighted by Gasteiger charge is -2.13. The second-order valence-corrected chi connectivity index (χ2v) is 8.11. The Morgan fingerprint density at radius 3 is 2.42 bits per heavy atom. The molecule has 2 aromatic heterocycles. The van der Waals surface area contributed by atoms with Crippen molar-refractivity contribution >= 4 is 29.0 Å². The number of thiazole rings is 1. The van der Waals surface area contributed by atoms with Crippen LogP contribution in [0.1, 0.15) is 38.4 Å². The summed E-state index contributed by atoms with van der Waals surface area (Å²) in [6.07, 6.45) is 0. The molecule has 0 spiro atoms. The summed E-state index contributed by atoms with van der Waals surface area (Å²) in [7, 11) is 0. The largest absolute Gasteiger partial charge is 0.366 e. The predicted octanol–water partition coefficient (Wildman–Crippen LogP) is 4.83. The van der Waals surface area contributed by atoms with Gasteiger partial charge in [0, 0.05) is 22.4 Å². The molecule has 0 saturated carbocycles. The number of amides is 1. The van der Waals surface area contributed by atoms with Crippen molar-refractivity contribution in [3.05, 3.63) is 63.3 Å². The van der Waals surface area contributed by atoms with E-state index in [1.54, 1.807) is 11.3 Å². The van der Waals surface area contributed by atoms with E-state index in [0.29, 0.717) is 16.3 Å². The third kappa shape index (κ3) is 3.81. The monoisotopic (exact) mass is 383 g/mol. The van der Waals surface area contributed by atoms with Crippen LogP contribution < -0.4 is 5.73 Å². The minimum Gasteiger partial charge on any atom is -0.366 e. The van der Waals surface area contributed by atoms with Crippen LogP contribution in [-0.4, -0.2) is 15.9 Å². The average molecular weight is 384 g/mol. The zero-order chi connectivity index (χ0) is 18.8. The fourth-order valence-electron chi connectivity index (χ4n) is 2.65. The van der Waals surface area contributed by atoms with E-state index in [9.17, 15) is 4.79 Å². The summed E-state index contributed by atoms with van der Waals surface area (Å²) in [4.78, 5) is 21.2. The van der Waals surface area contributed by atoms with Gasteiger partial charge >= 0.3 is 0 Å². The van der Waals surface area contributed by atoms with Crippen molar-refractivity contribution in [1.29, 1.82) is 0 Å². The van der Waals surface area contributed by atoms with Crippen LogP contribution in [0, 0.1) is 27.7 Å². The molecule has 134 valence electrons. The Kier molecular flexibility index (Phi) is 5.44. The smallest absolute Gasteiger partial charge is 0.251 e. The minimum absolute atomic E-state index is 0.431. The van der Waals surface area contributed by atoms with Gasteiger partial charge in [-0.05, 0) is 38.8 Å². The maximum atomic E-state index is 11.9. The molecule has 0 fully saturated rings. The number of hydrogen-bond donors (Lipinski definition) is 1. The molecule has 0 saturated heterocycles. The van der Waals surface area contributed by atoms with E-state index in [0.717, 1.165) is 33.1 Å². The van der Waals surface area contributed by atoms with Crippen LogP contribution in [0.15, 0.2) is 34.7 Å². The van der Waals surface area contributed by atoms with E-state index in [1.807, 2.05) is 20.8 Å². The first-order valence-corrected chi connectivity index (χ1v) is 10.1. The normalized spacial score (nSPS) is 10.9. The highest BCUT2D eigenvalue weighted by atomic mass is 32.2. The summed E-state index contributed by atoms with van der Waals surface area (Å²) in [5, 5.41) is 3.74. The first-order chi connectivity index (χ1) is 12.4. The van der Waals surface area contributed by atoms with Gasteiger partial charge in [0.15, 0.2) is 0 Å². The fraction of sp³-hybridized carbons (Fsp3) is 0.250. The highest BCUT2D eigenvalue weighted by molar-refractivity contribution is 7.98. The molecule has 1 aromatic carbocycles. The number of nitrogens with zero attached hydrogens (tertiary/aromatic N) is 2.